The van der Waals surface area contributed by atoms with Crippen LogP contribution in [0.25, 0.3) is 0 Å². The third-order valence-corrected chi connectivity index (χ3v) is 5.00. The summed E-state index contributed by atoms with van der Waals surface area (Å²) in [7, 11) is 0. The lowest BCUT2D eigenvalue weighted by atomic mass is 9.97. The van der Waals surface area contributed by atoms with E-state index >= 15 is 0 Å². The van der Waals surface area contributed by atoms with E-state index in [-0.39, 0.29) is 22.4 Å². The van der Waals surface area contributed by atoms with Crippen molar-refractivity contribution in [2.45, 2.75) is 38.0 Å². The molecular formula is C17H18BrF3N4O. The maximum Gasteiger partial charge on any atom is 0.410 e. The lowest BCUT2D eigenvalue weighted by molar-refractivity contribution is -0.173. The monoisotopic (exact) mass is 430 g/mol. The molecule has 0 bridgehead atoms. The Balaban J connectivity index is 2.01. The molecule has 9 heteroatoms. The van der Waals surface area contributed by atoms with E-state index in [0.29, 0.717) is 6.54 Å². The van der Waals surface area contributed by atoms with Crippen molar-refractivity contribution in [2.75, 3.05) is 11.9 Å². The van der Waals surface area contributed by atoms with Crippen molar-refractivity contribution in [2.24, 2.45) is 0 Å². The summed E-state index contributed by atoms with van der Waals surface area (Å²) < 4.78 is 42.1. The molecule has 5 nitrogen and oxygen atoms in total. The molecule has 0 saturated heterocycles. The predicted octanol–water partition coefficient (Wildman–Crippen LogP) is 4.45. The number of aromatic nitrogens is 2. The molecule has 3 rings (SSSR count). The molecule has 1 aliphatic rings. The highest BCUT2D eigenvalue weighted by molar-refractivity contribution is 9.10. The Morgan fingerprint density at radius 3 is 2.69 bits per heavy atom. The molecule has 0 unspecified atom stereocenters. The molecule has 0 aliphatic carbocycles. The third kappa shape index (κ3) is 3.58. The lowest BCUT2D eigenvalue weighted by Gasteiger charge is -2.33. The van der Waals surface area contributed by atoms with Gasteiger partial charge in [0.05, 0.1) is 10.5 Å². The number of benzene rings is 1. The Morgan fingerprint density at radius 1 is 1.38 bits per heavy atom. The molecule has 0 spiro atoms. The second-order valence-electron chi connectivity index (χ2n) is 6.11. The average Bonchev–Trinajstić information content (AvgIpc) is 2.95. The summed E-state index contributed by atoms with van der Waals surface area (Å²) in [5, 5.41) is 9.68. The highest BCUT2D eigenvalue weighted by atomic mass is 79.9. The van der Waals surface area contributed by atoms with E-state index in [4.69, 9.17) is 0 Å². The zero-order chi connectivity index (χ0) is 18.9. The van der Waals surface area contributed by atoms with Gasteiger partial charge in [0.15, 0.2) is 11.7 Å². The Kier molecular flexibility index (Phi) is 5.27. The molecule has 1 amide bonds. The maximum absolute atomic E-state index is 13.6. The molecule has 1 aliphatic heterocycles. The van der Waals surface area contributed by atoms with E-state index in [2.05, 4.69) is 31.7 Å². The van der Waals surface area contributed by atoms with Crippen LogP contribution in [0.4, 0.5) is 19.0 Å². The fourth-order valence-electron chi connectivity index (χ4n) is 2.96. The summed E-state index contributed by atoms with van der Waals surface area (Å²) in [6, 6.07) is 6.58. The van der Waals surface area contributed by atoms with Crippen LogP contribution in [0.15, 0.2) is 34.8 Å². The first kappa shape index (κ1) is 18.8. The van der Waals surface area contributed by atoms with Crippen LogP contribution in [0.5, 0.6) is 0 Å². The number of nitrogens with zero attached hydrogens (tertiary/aromatic N) is 2. The van der Waals surface area contributed by atoms with Crippen LogP contribution in [0.2, 0.25) is 0 Å². The van der Waals surface area contributed by atoms with Gasteiger partial charge >= 0.3 is 6.18 Å². The van der Waals surface area contributed by atoms with Gasteiger partial charge in [0.1, 0.15) is 5.82 Å². The molecule has 0 saturated carbocycles. The average molecular weight is 431 g/mol. The van der Waals surface area contributed by atoms with Gasteiger partial charge in [-0.1, -0.05) is 37.3 Å². The van der Waals surface area contributed by atoms with Gasteiger partial charge in [-0.15, -0.1) is 0 Å². The van der Waals surface area contributed by atoms with Crippen molar-refractivity contribution in [3.8, 4) is 0 Å². The summed E-state index contributed by atoms with van der Waals surface area (Å²) in [6.45, 7) is 2.31. The first-order chi connectivity index (χ1) is 12.3. The van der Waals surface area contributed by atoms with E-state index in [1.165, 1.54) is 0 Å². The number of carbonyl (C=O) groups is 1. The van der Waals surface area contributed by atoms with Crippen LogP contribution in [-0.2, 0) is 0 Å². The zero-order valence-corrected chi connectivity index (χ0v) is 15.6. The first-order valence-electron chi connectivity index (χ1n) is 8.27. The number of rotatable bonds is 4. The highest BCUT2D eigenvalue weighted by Gasteiger charge is 2.47. The van der Waals surface area contributed by atoms with Gasteiger partial charge in [-0.25, -0.2) is 4.68 Å². The minimum Gasteiger partial charge on any atom is -0.362 e. The number of carbonyl (C=O) groups excluding carboxylic acids is 1. The number of hydrogen-bond acceptors (Lipinski definition) is 3. The van der Waals surface area contributed by atoms with Crippen LogP contribution in [-0.4, -0.2) is 28.4 Å². The van der Waals surface area contributed by atoms with Gasteiger partial charge in [0, 0.05) is 13.0 Å². The van der Waals surface area contributed by atoms with E-state index in [1.54, 1.807) is 24.3 Å². The van der Waals surface area contributed by atoms with Crippen molar-refractivity contribution < 1.29 is 18.0 Å². The Labute approximate surface area is 157 Å². The smallest absolute Gasteiger partial charge is 0.362 e. The molecule has 0 radical (unpaired) electrons. The van der Waals surface area contributed by atoms with Crippen LogP contribution >= 0.6 is 15.9 Å². The molecule has 1 aromatic heterocycles. The van der Waals surface area contributed by atoms with Gasteiger partial charge in [-0.2, -0.15) is 18.3 Å². The topological polar surface area (TPSA) is 59.0 Å². The Bertz CT molecular complexity index is 791. The predicted molar refractivity (Wildman–Crippen MR) is 95.1 cm³/mol. The minimum atomic E-state index is -4.48. The third-order valence-electron chi connectivity index (χ3n) is 4.25. The minimum absolute atomic E-state index is 0.0519. The molecule has 140 valence electrons. The molecule has 2 heterocycles. The Hall–Kier alpha value is -2.03. The van der Waals surface area contributed by atoms with Crippen molar-refractivity contribution in [3.63, 3.8) is 0 Å². The summed E-state index contributed by atoms with van der Waals surface area (Å²) >= 11 is 3.25. The van der Waals surface area contributed by atoms with Crippen LogP contribution in [0, 0.1) is 0 Å². The number of alkyl halides is 3. The molecule has 2 atom stereocenters. The van der Waals surface area contributed by atoms with Gasteiger partial charge in [0.25, 0.3) is 5.91 Å². The van der Waals surface area contributed by atoms with E-state index < -0.39 is 24.2 Å². The fourth-order valence-corrected chi connectivity index (χ4v) is 3.52. The van der Waals surface area contributed by atoms with Crippen LogP contribution < -0.4 is 10.6 Å². The number of anilines is 1. The number of hydrogen-bond donors (Lipinski definition) is 2. The van der Waals surface area contributed by atoms with E-state index in [0.717, 1.165) is 16.7 Å². The normalized spacial score (nSPS) is 19.6. The molecule has 26 heavy (non-hydrogen) atoms. The zero-order valence-electron chi connectivity index (χ0n) is 14.0. The van der Waals surface area contributed by atoms with Crippen molar-refractivity contribution >= 4 is 27.7 Å². The van der Waals surface area contributed by atoms with Crippen molar-refractivity contribution in [1.29, 1.82) is 0 Å². The summed E-state index contributed by atoms with van der Waals surface area (Å²) in [4.78, 5) is 12.2. The molecule has 0 fully saturated rings. The Morgan fingerprint density at radius 2 is 2.08 bits per heavy atom. The lowest BCUT2D eigenvalue weighted by Crippen LogP contribution is -2.36. The van der Waals surface area contributed by atoms with Crippen molar-refractivity contribution in [1.82, 2.24) is 15.1 Å². The van der Waals surface area contributed by atoms with Gasteiger partial charge < -0.3 is 10.6 Å². The molecule has 1 aromatic carbocycles. The second-order valence-corrected chi connectivity index (χ2v) is 6.91. The summed E-state index contributed by atoms with van der Waals surface area (Å²) in [6.07, 6.45) is -3.96. The molecule has 2 N–H and O–H groups in total. The number of fused-ring (bicyclic) bond motifs is 1. The molecule has 2 aromatic rings. The fraction of sp³-hybridized carbons (Fsp3) is 0.412. The summed E-state index contributed by atoms with van der Waals surface area (Å²) in [5.74, 6) is -0.339. The first-order valence-corrected chi connectivity index (χ1v) is 9.06. The second kappa shape index (κ2) is 7.30. The number of nitrogens with one attached hydrogen (secondary N) is 2. The molecular weight excluding hydrogens is 413 g/mol. The standard InChI is InChI=1S/C17H18BrF3N4O/c1-2-8-22-16(26)14-13(18)15-23-11(10-6-4-3-5-7-10)9-12(17(19,20)21)25(15)24-14/h3-7,11-12,23H,2,8-9H2,1H3,(H,22,26)/t11-,12+/m0/s1. The van der Waals surface area contributed by atoms with Gasteiger partial charge in [-0.05, 0) is 27.9 Å². The van der Waals surface area contributed by atoms with Gasteiger partial charge in [-0.3, -0.25) is 4.79 Å². The van der Waals surface area contributed by atoms with E-state index in [1.807, 2.05) is 13.0 Å². The number of amides is 1. The quantitative estimate of drug-likeness (QED) is 0.753. The SMILES string of the molecule is CCCNC(=O)c1nn2c(c1Br)N[C@H](c1ccccc1)C[C@@H]2C(F)(F)F. The van der Waals surface area contributed by atoms with Crippen LogP contribution in [0.3, 0.4) is 0 Å². The van der Waals surface area contributed by atoms with E-state index in [9.17, 15) is 18.0 Å². The summed E-state index contributed by atoms with van der Waals surface area (Å²) in [5.41, 5.74) is 0.696. The van der Waals surface area contributed by atoms with Gasteiger partial charge in [0.2, 0.25) is 0 Å². The number of halogens is 4. The van der Waals surface area contributed by atoms with Crippen molar-refractivity contribution in [3.05, 3.63) is 46.1 Å². The largest absolute Gasteiger partial charge is 0.410 e. The highest BCUT2D eigenvalue weighted by Crippen LogP contribution is 2.46. The van der Waals surface area contributed by atoms with Crippen LogP contribution in [0.1, 0.15) is 47.9 Å². The maximum atomic E-state index is 13.6.